The van der Waals surface area contributed by atoms with Gasteiger partial charge in [-0.1, -0.05) is 25.0 Å². The van der Waals surface area contributed by atoms with Crippen molar-refractivity contribution in [2.75, 3.05) is 34.3 Å². The van der Waals surface area contributed by atoms with E-state index in [9.17, 15) is 14.4 Å². The zero-order chi connectivity index (χ0) is 21.0. The van der Waals surface area contributed by atoms with Gasteiger partial charge in [0.15, 0.2) is 0 Å². The van der Waals surface area contributed by atoms with Crippen LogP contribution in [0.25, 0.3) is 0 Å². The van der Waals surface area contributed by atoms with Crippen LogP contribution in [0, 0.1) is 11.8 Å². The molecule has 1 aliphatic heterocycles. The van der Waals surface area contributed by atoms with E-state index in [0.29, 0.717) is 6.54 Å². The van der Waals surface area contributed by atoms with Gasteiger partial charge in [-0.25, -0.2) is 0 Å². The molecule has 1 aromatic rings. The van der Waals surface area contributed by atoms with Gasteiger partial charge in [0.1, 0.15) is 11.8 Å². The van der Waals surface area contributed by atoms with Gasteiger partial charge in [-0.05, 0) is 25.0 Å². The first-order chi connectivity index (χ1) is 13.9. The summed E-state index contributed by atoms with van der Waals surface area (Å²) in [6.07, 6.45) is 3.74. The number of likely N-dealkylation sites (tertiary alicyclic amines) is 1. The molecule has 158 valence electrons. The van der Waals surface area contributed by atoms with Gasteiger partial charge in [0.2, 0.25) is 17.7 Å². The van der Waals surface area contributed by atoms with Crippen molar-refractivity contribution in [3.05, 3.63) is 29.8 Å². The van der Waals surface area contributed by atoms with Gasteiger partial charge in [-0.3, -0.25) is 19.3 Å². The van der Waals surface area contributed by atoms with Gasteiger partial charge in [-0.15, -0.1) is 0 Å². The number of rotatable bonds is 8. The van der Waals surface area contributed by atoms with Crippen LogP contribution in [0.1, 0.15) is 43.7 Å². The highest BCUT2D eigenvalue weighted by atomic mass is 16.5. The number of fused-ring (bicyclic) bond motifs is 1. The summed E-state index contributed by atoms with van der Waals surface area (Å²) in [6.45, 7) is 0.624. The molecule has 0 bridgehead atoms. The van der Waals surface area contributed by atoms with E-state index in [4.69, 9.17) is 4.74 Å². The van der Waals surface area contributed by atoms with Crippen molar-refractivity contribution < 1.29 is 24.0 Å². The molecule has 7 heteroatoms. The normalized spacial score (nSPS) is 22.6. The number of ether oxygens (including phenoxy) is 1. The lowest BCUT2D eigenvalue weighted by atomic mass is 9.81. The van der Waals surface area contributed by atoms with E-state index in [0.717, 1.165) is 37.0 Å². The van der Waals surface area contributed by atoms with Crippen molar-refractivity contribution in [2.45, 2.75) is 38.1 Å². The number of nitrogens with one attached hydrogen (secondary N) is 2. The van der Waals surface area contributed by atoms with E-state index in [1.165, 1.54) is 9.80 Å². The van der Waals surface area contributed by atoms with E-state index in [1.807, 2.05) is 38.4 Å². The molecule has 3 rings (SSSR count). The molecule has 1 heterocycles. The maximum Gasteiger partial charge on any atom is 0.233 e. The Hall–Kier alpha value is -2.41. The molecule has 2 aliphatic rings. The number of quaternary nitrogens is 1. The van der Waals surface area contributed by atoms with Gasteiger partial charge in [-0.2, -0.15) is 0 Å². The molecule has 29 heavy (non-hydrogen) atoms. The second-order valence-corrected chi connectivity index (χ2v) is 8.25. The number of imide groups is 1. The van der Waals surface area contributed by atoms with Crippen molar-refractivity contribution in [3.63, 3.8) is 0 Å². The van der Waals surface area contributed by atoms with Crippen molar-refractivity contribution in [3.8, 4) is 5.75 Å². The maximum atomic E-state index is 12.5. The fraction of sp³-hybridized carbons (Fsp3) is 0.591. The van der Waals surface area contributed by atoms with E-state index in [-0.39, 0.29) is 48.6 Å². The van der Waals surface area contributed by atoms with Gasteiger partial charge >= 0.3 is 0 Å². The Labute approximate surface area is 172 Å². The van der Waals surface area contributed by atoms with Gasteiger partial charge in [0.05, 0.1) is 45.1 Å². The highest BCUT2D eigenvalue weighted by Gasteiger charge is 2.47. The van der Waals surface area contributed by atoms with Crippen molar-refractivity contribution in [1.29, 1.82) is 0 Å². The molecule has 0 radical (unpaired) electrons. The first-order valence-corrected chi connectivity index (χ1v) is 10.5. The lowest BCUT2D eigenvalue weighted by Crippen LogP contribution is -3.07. The Balaban J connectivity index is 1.55. The van der Waals surface area contributed by atoms with Crippen LogP contribution in [0.3, 0.4) is 0 Å². The number of nitrogens with zero attached hydrogens (tertiary/aromatic N) is 1. The topological polar surface area (TPSA) is 80.2 Å². The minimum Gasteiger partial charge on any atom is -0.496 e. The Morgan fingerprint density at radius 2 is 1.79 bits per heavy atom. The van der Waals surface area contributed by atoms with Crippen LogP contribution in [0.5, 0.6) is 5.75 Å². The Kier molecular flexibility index (Phi) is 6.90. The summed E-state index contributed by atoms with van der Waals surface area (Å²) in [5.74, 6) is 0.151. The highest BCUT2D eigenvalue weighted by Crippen LogP contribution is 2.37. The number of hydrogen-bond acceptors (Lipinski definition) is 4. The molecular weight excluding hydrogens is 370 g/mol. The van der Waals surface area contributed by atoms with Crippen LogP contribution < -0.4 is 15.0 Å². The zero-order valence-electron chi connectivity index (χ0n) is 17.6. The van der Waals surface area contributed by atoms with Crippen LogP contribution >= 0.6 is 0 Å². The van der Waals surface area contributed by atoms with E-state index in [2.05, 4.69) is 5.32 Å². The molecule has 0 aromatic heterocycles. The predicted octanol–water partition coefficient (Wildman–Crippen LogP) is 0.562. The molecule has 0 unspecified atom stereocenters. The number of benzene rings is 1. The quantitative estimate of drug-likeness (QED) is 0.623. The predicted molar refractivity (Wildman–Crippen MR) is 108 cm³/mol. The third kappa shape index (κ3) is 4.61. The van der Waals surface area contributed by atoms with Crippen LogP contribution in [-0.2, 0) is 14.4 Å². The minimum absolute atomic E-state index is 0.0352. The molecule has 1 saturated heterocycles. The van der Waals surface area contributed by atoms with E-state index in [1.54, 1.807) is 7.11 Å². The molecule has 3 atom stereocenters. The third-order valence-corrected chi connectivity index (χ3v) is 6.21. The summed E-state index contributed by atoms with van der Waals surface area (Å²) < 4.78 is 5.46. The second-order valence-electron chi connectivity index (χ2n) is 8.25. The van der Waals surface area contributed by atoms with E-state index < -0.39 is 0 Å². The molecule has 3 amide bonds. The zero-order valence-corrected chi connectivity index (χ0v) is 17.6. The summed E-state index contributed by atoms with van der Waals surface area (Å²) in [4.78, 5) is 40.0. The molecule has 1 aliphatic carbocycles. The third-order valence-electron chi connectivity index (χ3n) is 6.21. The summed E-state index contributed by atoms with van der Waals surface area (Å²) >= 11 is 0. The van der Waals surface area contributed by atoms with Crippen molar-refractivity contribution in [1.82, 2.24) is 10.2 Å². The molecule has 7 nitrogen and oxygen atoms in total. The summed E-state index contributed by atoms with van der Waals surface area (Å²) in [5.41, 5.74) is 1.03. The van der Waals surface area contributed by atoms with Crippen LogP contribution in [0.4, 0.5) is 0 Å². The molecule has 2 fully saturated rings. The smallest absolute Gasteiger partial charge is 0.233 e. The maximum absolute atomic E-state index is 12.5. The van der Waals surface area contributed by atoms with Crippen LogP contribution in [-0.4, -0.2) is 56.9 Å². The number of hydrogen-bond donors (Lipinski definition) is 2. The lowest BCUT2D eigenvalue weighted by Gasteiger charge is -2.24. The summed E-state index contributed by atoms with van der Waals surface area (Å²) in [7, 11) is 5.71. The summed E-state index contributed by atoms with van der Waals surface area (Å²) in [5, 5.41) is 2.97. The summed E-state index contributed by atoms with van der Waals surface area (Å²) in [6, 6.07) is 7.83. The fourth-order valence-electron chi connectivity index (χ4n) is 4.55. The number of carbonyl (C=O) groups is 3. The Bertz CT molecular complexity index is 740. The second kappa shape index (κ2) is 9.39. The average Bonchev–Trinajstić information content (AvgIpc) is 2.97. The first kappa shape index (κ1) is 21.3. The molecule has 2 N–H and O–H groups in total. The standard InChI is InChI=1S/C22H31N3O4/c1-24(2)18(17-10-6-7-11-19(17)29-3)14-23-20(26)12-13-25-21(27)15-8-4-5-9-16(15)22(25)28/h6-7,10-11,15-16,18H,4-5,8-9,12-14H2,1-3H3,(H,23,26)/p+1/t15-,16-,18+/m0/s1. The number of carbonyl (C=O) groups excluding carboxylic acids is 3. The molecule has 1 aromatic carbocycles. The lowest BCUT2D eigenvalue weighted by molar-refractivity contribution is -0.890. The highest BCUT2D eigenvalue weighted by molar-refractivity contribution is 6.05. The van der Waals surface area contributed by atoms with E-state index >= 15 is 0 Å². The van der Waals surface area contributed by atoms with Crippen LogP contribution in [0.2, 0.25) is 0 Å². The number of methoxy groups -OCH3 is 1. The number of likely N-dealkylation sites (N-methyl/N-ethyl adjacent to an activating group) is 1. The molecular formula is C22H32N3O4+. The number of para-hydroxylation sites is 1. The Morgan fingerprint density at radius 3 is 2.38 bits per heavy atom. The van der Waals surface area contributed by atoms with Gasteiger partial charge in [0, 0.05) is 13.0 Å². The first-order valence-electron chi connectivity index (χ1n) is 10.5. The molecule has 0 spiro atoms. The molecule has 1 saturated carbocycles. The SMILES string of the molecule is COc1ccccc1[C@@H](CNC(=O)CCN1C(=O)[C@H]2CCCC[C@@H]2C1=O)[NH+](C)C. The van der Waals surface area contributed by atoms with Crippen LogP contribution in [0.15, 0.2) is 24.3 Å². The fourth-order valence-corrected chi connectivity index (χ4v) is 4.55. The van der Waals surface area contributed by atoms with Crippen molar-refractivity contribution in [2.24, 2.45) is 11.8 Å². The largest absolute Gasteiger partial charge is 0.496 e. The Morgan fingerprint density at radius 1 is 1.17 bits per heavy atom. The van der Waals surface area contributed by atoms with Gasteiger partial charge < -0.3 is 15.0 Å². The van der Waals surface area contributed by atoms with Gasteiger partial charge in [0.25, 0.3) is 0 Å². The van der Waals surface area contributed by atoms with Crippen molar-refractivity contribution >= 4 is 17.7 Å². The average molecular weight is 403 g/mol. The monoisotopic (exact) mass is 402 g/mol. The number of amides is 3. The minimum atomic E-state index is -0.161.